The monoisotopic (exact) mass is 374 g/mol. The van der Waals surface area contributed by atoms with E-state index in [1.807, 2.05) is 25.1 Å². The van der Waals surface area contributed by atoms with Crippen LogP contribution in [0.2, 0.25) is 0 Å². The van der Waals surface area contributed by atoms with Gasteiger partial charge >= 0.3 is 0 Å². The zero-order chi connectivity index (χ0) is 19.8. The van der Waals surface area contributed by atoms with Gasteiger partial charge in [0.25, 0.3) is 0 Å². The summed E-state index contributed by atoms with van der Waals surface area (Å²) < 4.78 is 21.2. The average Bonchev–Trinajstić information content (AvgIpc) is 2.67. The van der Waals surface area contributed by atoms with E-state index in [4.69, 9.17) is 18.9 Å². The van der Waals surface area contributed by atoms with Crippen molar-refractivity contribution in [2.24, 2.45) is 0 Å². The fourth-order valence-electron chi connectivity index (χ4n) is 2.64. The van der Waals surface area contributed by atoms with Crippen molar-refractivity contribution in [3.8, 4) is 23.0 Å². The molecule has 146 valence electrons. The van der Waals surface area contributed by atoms with Crippen LogP contribution in [0.25, 0.3) is 0 Å². The molecule has 0 unspecified atom stereocenters. The zero-order valence-corrected chi connectivity index (χ0v) is 16.3. The van der Waals surface area contributed by atoms with E-state index in [2.05, 4.69) is 10.6 Å². The summed E-state index contributed by atoms with van der Waals surface area (Å²) in [7, 11) is 6.25. The Morgan fingerprint density at radius 1 is 0.889 bits per heavy atom. The molecule has 7 heteroatoms. The second-order valence-electron chi connectivity index (χ2n) is 5.84. The fraction of sp³-hybridized carbons (Fsp3) is 0.350. The van der Waals surface area contributed by atoms with E-state index in [-0.39, 0.29) is 12.3 Å². The topological polar surface area (TPSA) is 78.1 Å². The minimum absolute atomic E-state index is 0.112. The lowest BCUT2D eigenvalue weighted by atomic mass is 10.2. The second-order valence-corrected chi connectivity index (χ2v) is 5.84. The molecule has 27 heavy (non-hydrogen) atoms. The van der Waals surface area contributed by atoms with Crippen molar-refractivity contribution < 1.29 is 23.7 Å². The predicted octanol–water partition coefficient (Wildman–Crippen LogP) is 3.47. The van der Waals surface area contributed by atoms with Crippen LogP contribution in [-0.2, 0) is 4.79 Å². The average molecular weight is 374 g/mol. The van der Waals surface area contributed by atoms with Gasteiger partial charge in [0.2, 0.25) is 11.7 Å². The Morgan fingerprint density at radius 3 is 2.07 bits per heavy atom. The Bertz CT molecular complexity index is 767. The summed E-state index contributed by atoms with van der Waals surface area (Å²) in [5.41, 5.74) is 2.47. The molecule has 0 bridgehead atoms. The number of nitrogens with one attached hydrogen (secondary N) is 2. The zero-order valence-electron chi connectivity index (χ0n) is 16.3. The Hall–Kier alpha value is -3.09. The van der Waals surface area contributed by atoms with Crippen molar-refractivity contribution in [2.75, 3.05) is 45.6 Å². The molecule has 2 N–H and O–H groups in total. The predicted molar refractivity (Wildman–Crippen MR) is 106 cm³/mol. The third-order valence-electron chi connectivity index (χ3n) is 3.97. The van der Waals surface area contributed by atoms with Gasteiger partial charge in [-0.1, -0.05) is 6.07 Å². The van der Waals surface area contributed by atoms with Crippen molar-refractivity contribution in [1.29, 1.82) is 0 Å². The standard InChI is InChI=1S/C20H26N2O5/c1-13-6-7-16(24-2)15(10-13)22-19(23)8-9-21-14-11-17(25-3)20(27-5)18(12-14)26-4/h6-7,10-12,21H,8-9H2,1-5H3,(H,22,23). The molecule has 0 heterocycles. The Balaban J connectivity index is 1.98. The molecule has 0 spiro atoms. The van der Waals surface area contributed by atoms with E-state index < -0.39 is 0 Å². The molecule has 0 fully saturated rings. The number of carbonyl (C=O) groups excluding carboxylic acids is 1. The lowest BCUT2D eigenvalue weighted by Gasteiger charge is -2.15. The van der Waals surface area contributed by atoms with Crippen molar-refractivity contribution in [2.45, 2.75) is 13.3 Å². The highest BCUT2D eigenvalue weighted by atomic mass is 16.5. The number of rotatable bonds is 9. The van der Waals surface area contributed by atoms with Crippen LogP contribution in [0.15, 0.2) is 30.3 Å². The van der Waals surface area contributed by atoms with Gasteiger partial charge in [-0.05, 0) is 24.6 Å². The van der Waals surface area contributed by atoms with E-state index in [0.29, 0.717) is 35.2 Å². The maximum Gasteiger partial charge on any atom is 0.226 e. The van der Waals surface area contributed by atoms with Crippen LogP contribution >= 0.6 is 0 Å². The molecule has 0 saturated heterocycles. The van der Waals surface area contributed by atoms with Crippen LogP contribution in [0.4, 0.5) is 11.4 Å². The van der Waals surface area contributed by atoms with E-state index in [1.165, 1.54) is 0 Å². The molecule has 0 atom stereocenters. The summed E-state index contributed by atoms with van der Waals surface area (Å²) >= 11 is 0. The van der Waals surface area contributed by atoms with Crippen molar-refractivity contribution >= 4 is 17.3 Å². The Kier molecular flexibility index (Phi) is 7.16. The number of anilines is 2. The molecule has 0 aromatic heterocycles. The number of carbonyl (C=O) groups is 1. The third kappa shape index (κ3) is 5.20. The SMILES string of the molecule is COc1ccc(C)cc1NC(=O)CCNc1cc(OC)c(OC)c(OC)c1. The van der Waals surface area contributed by atoms with Gasteiger partial charge in [-0.2, -0.15) is 0 Å². The smallest absolute Gasteiger partial charge is 0.226 e. The fourth-order valence-corrected chi connectivity index (χ4v) is 2.64. The lowest BCUT2D eigenvalue weighted by Crippen LogP contribution is -2.17. The summed E-state index contributed by atoms with van der Waals surface area (Å²) in [6.45, 7) is 2.40. The molecular weight excluding hydrogens is 348 g/mol. The second kappa shape index (κ2) is 9.56. The molecule has 7 nitrogen and oxygen atoms in total. The lowest BCUT2D eigenvalue weighted by molar-refractivity contribution is -0.116. The first kappa shape index (κ1) is 20.2. The first-order valence-corrected chi connectivity index (χ1v) is 8.50. The largest absolute Gasteiger partial charge is 0.495 e. The van der Waals surface area contributed by atoms with Crippen molar-refractivity contribution in [3.05, 3.63) is 35.9 Å². The van der Waals surface area contributed by atoms with Gasteiger partial charge in [-0.3, -0.25) is 4.79 Å². The first-order chi connectivity index (χ1) is 13.0. The van der Waals surface area contributed by atoms with Gasteiger partial charge in [0.15, 0.2) is 11.5 Å². The molecule has 0 aliphatic heterocycles. The van der Waals surface area contributed by atoms with Gasteiger partial charge in [-0.15, -0.1) is 0 Å². The van der Waals surface area contributed by atoms with Crippen LogP contribution in [0, 0.1) is 6.92 Å². The molecule has 2 aromatic rings. The summed E-state index contributed by atoms with van der Waals surface area (Å²) in [4.78, 5) is 12.3. The van der Waals surface area contributed by atoms with Crippen molar-refractivity contribution in [3.63, 3.8) is 0 Å². The van der Waals surface area contributed by atoms with Crippen LogP contribution in [0.3, 0.4) is 0 Å². The Morgan fingerprint density at radius 2 is 1.52 bits per heavy atom. The molecule has 0 saturated carbocycles. The number of hydrogen-bond acceptors (Lipinski definition) is 6. The highest BCUT2D eigenvalue weighted by Crippen LogP contribution is 2.39. The van der Waals surface area contributed by atoms with Crippen LogP contribution in [0.5, 0.6) is 23.0 Å². The quantitative estimate of drug-likeness (QED) is 0.700. The number of methoxy groups -OCH3 is 4. The van der Waals surface area contributed by atoms with Gasteiger partial charge < -0.3 is 29.6 Å². The van der Waals surface area contributed by atoms with Gasteiger partial charge in [0, 0.05) is 30.8 Å². The van der Waals surface area contributed by atoms with Gasteiger partial charge in [-0.25, -0.2) is 0 Å². The third-order valence-corrected chi connectivity index (χ3v) is 3.97. The molecule has 1 amide bonds. The summed E-state index contributed by atoms with van der Waals surface area (Å²) in [6.07, 6.45) is 0.285. The first-order valence-electron chi connectivity index (χ1n) is 8.50. The molecule has 2 rings (SSSR count). The molecule has 0 radical (unpaired) electrons. The van der Waals surface area contributed by atoms with E-state index in [9.17, 15) is 4.79 Å². The number of amides is 1. The molecule has 2 aromatic carbocycles. The van der Waals surface area contributed by atoms with Gasteiger partial charge in [0.05, 0.1) is 34.1 Å². The number of benzene rings is 2. The highest BCUT2D eigenvalue weighted by Gasteiger charge is 2.13. The molecule has 0 aliphatic carbocycles. The van der Waals surface area contributed by atoms with Crippen LogP contribution in [0.1, 0.15) is 12.0 Å². The Labute approximate surface area is 159 Å². The normalized spacial score (nSPS) is 10.1. The van der Waals surface area contributed by atoms with Crippen LogP contribution in [-0.4, -0.2) is 40.9 Å². The minimum atomic E-state index is -0.112. The molecule has 0 aliphatic rings. The van der Waals surface area contributed by atoms with E-state index in [1.54, 1.807) is 40.6 Å². The number of hydrogen-bond donors (Lipinski definition) is 2. The van der Waals surface area contributed by atoms with Crippen molar-refractivity contribution in [1.82, 2.24) is 0 Å². The summed E-state index contributed by atoms with van der Waals surface area (Å²) in [5.74, 6) is 2.14. The molecular formula is C20H26N2O5. The summed E-state index contributed by atoms with van der Waals surface area (Å²) in [5, 5.41) is 6.07. The number of ether oxygens (including phenoxy) is 4. The maximum atomic E-state index is 12.3. The van der Waals surface area contributed by atoms with E-state index in [0.717, 1.165) is 11.3 Å². The van der Waals surface area contributed by atoms with Gasteiger partial charge in [0.1, 0.15) is 5.75 Å². The van der Waals surface area contributed by atoms with Crippen LogP contribution < -0.4 is 29.6 Å². The summed E-state index contributed by atoms with van der Waals surface area (Å²) in [6, 6.07) is 9.23. The van der Waals surface area contributed by atoms with E-state index >= 15 is 0 Å². The maximum absolute atomic E-state index is 12.3. The highest BCUT2D eigenvalue weighted by molar-refractivity contribution is 5.92. The minimum Gasteiger partial charge on any atom is -0.495 e. The number of aryl methyl sites for hydroxylation is 1.